The van der Waals surface area contributed by atoms with Gasteiger partial charge in [0.15, 0.2) is 0 Å². The first-order valence-electron chi connectivity index (χ1n) is 8.71. The predicted octanol–water partition coefficient (Wildman–Crippen LogP) is 3.17. The van der Waals surface area contributed by atoms with Crippen molar-refractivity contribution in [3.05, 3.63) is 53.6 Å². The summed E-state index contributed by atoms with van der Waals surface area (Å²) in [6.45, 7) is 0.623. The summed E-state index contributed by atoms with van der Waals surface area (Å²) in [5.41, 5.74) is 2.25. The van der Waals surface area contributed by atoms with Crippen LogP contribution in [0.3, 0.4) is 0 Å². The van der Waals surface area contributed by atoms with Crippen molar-refractivity contribution in [1.82, 2.24) is 0 Å². The number of rotatable bonds is 5. The third-order valence-electron chi connectivity index (χ3n) is 4.57. The quantitative estimate of drug-likeness (QED) is 0.844. The third-order valence-corrected chi connectivity index (χ3v) is 6.42. The third kappa shape index (κ3) is 3.39. The second-order valence-electron chi connectivity index (χ2n) is 6.59. The van der Waals surface area contributed by atoms with E-state index in [1.54, 1.807) is 30.3 Å². The van der Waals surface area contributed by atoms with Gasteiger partial charge in [-0.2, -0.15) is 0 Å². The molecule has 0 aromatic heterocycles. The Hall–Kier alpha value is -2.54. The molecule has 7 heteroatoms. The molecule has 0 radical (unpaired) electrons. The summed E-state index contributed by atoms with van der Waals surface area (Å²) < 4.78 is 32.7. The highest BCUT2D eigenvalue weighted by Crippen LogP contribution is 2.34. The summed E-state index contributed by atoms with van der Waals surface area (Å²) in [6, 6.07) is 12.3. The van der Waals surface area contributed by atoms with Crippen LogP contribution in [0.4, 0.5) is 11.4 Å². The van der Waals surface area contributed by atoms with Crippen molar-refractivity contribution < 1.29 is 17.9 Å². The molecule has 0 saturated heterocycles. The highest BCUT2D eigenvalue weighted by molar-refractivity contribution is 7.93. The largest absolute Gasteiger partial charge is 0.491 e. The molecule has 0 atom stereocenters. The zero-order valence-corrected chi connectivity index (χ0v) is 15.0. The molecule has 2 aromatic carbocycles. The maximum Gasteiger partial charge on any atom is 0.257 e. The summed E-state index contributed by atoms with van der Waals surface area (Å²) in [4.78, 5) is 12.8. The number of hydrogen-bond donors (Lipinski definition) is 2. The molecule has 0 bridgehead atoms. The first-order valence-corrected chi connectivity index (χ1v) is 10.3. The molecule has 1 saturated carbocycles. The highest BCUT2D eigenvalue weighted by atomic mass is 32.2. The summed E-state index contributed by atoms with van der Waals surface area (Å²) >= 11 is 0. The molecule has 4 rings (SSSR count). The summed E-state index contributed by atoms with van der Waals surface area (Å²) in [5.74, 6) is 0.324. The van der Waals surface area contributed by atoms with Crippen LogP contribution < -0.4 is 14.8 Å². The van der Waals surface area contributed by atoms with Crippen LogP contribution in [0.25, 0.3) is 0 Å². The second kappa shape index (κ2) is 6.64. The van der Waals surface area contributed by atoms with E-state index < -0.39 is 10.0 Å². The van der Waals surface area contributed by atoms with Gasteiger partial charge < -0.3 is 10.1 Å². The van der Waals surface area contributed by atoms with Gasteiger partial charge in [-0.15, -0.1) is 0 Å². The van der Waals surface area contributed by atoms with E-state index in [1.165, 1.54) is 0 Å². The number of sulfonamides is 1. The van der Waals surface area contributed by atoms with E-state index in [0.29, 0.717) is 36.6 Å². The number of anilines is 2. The fourth-order valence-corrected chi connectivity index (χ4v) is 4.47. The minimum Gasteiger partial charge on any atom is -0.491 e. The van der Waals surface area contributed by atoms with E-state index in [1.807, 2.05) is 12.1 Å². The number of hydrogen-bond acceptors (Lipinski definition) is 4. The summed E-state index contributed by atoms with van der Waals surface area (Å²) in [5, 5.41) is 2.51. The number of para-hydroxylation sites is 2. The first kappa shape index (κ1) is 16.9. The Labute approximate surface area is 152 Å². The van der Waals surface area contributed by atoms with Gasteiger partial charge in [-0.3, -0.25) is 9.52 Å². The molecule has 1 amide bonds. The zero-order chi connectivity index (χ0) is 18.1. The number of carbonyl (C=O) groups is 1. The maximum atomic E-state index is 12.8. The van der Waals surface area contributed by atoms with E-state index in [-0.39, 0.29) is 16.7 Å². The van der Waals surface area contributed by atoms with Crippen molar-refractivity contribution in [2.45, 2.75) is 30.9 Å². The molecule has 1 heterocycles. The molecule has 1 fully saturated rings. The van der Waals surface area contributed by atoms with Crippen molar-refractivity contribution in [3.8, 4) is 5.75 Å². The number of carbonyl (C=O) groups excluding carboxylic acids is 1. The Bertz CT molecular complexity index is 952. The van der Waals surface area contributed by atoms with Crippen LogP contribution >= 0.6 is 0 Å². The number of benzene rings is 2. The molecule has 0 unspecified atom stereocenters. The average Bonchev–Trinajstić information content (AvgIpc) is 3.48. The van der Waals surface area contributed by atoms with Gasteiger partial charge in [0.2, 0.25) is 10.0 Å². The Balaban J connectivity index is 1.60. The summed E-state index contributed by atoms with van der Waals surface area (Å²) in [7, 11) is -3.44. The highest BCUT2D eigenvalue weighted by Gasteiger charge is 2.36. The number of fused-ring (bicyclic) bond motifs is 1. The Morgan fingerprint density at radius 1 is 1.04 bits per heavy atom. The molecule has 1 aliphatic heterocycles. The molecule has 0 spiro atoms. The van der Waals surface area contributed by atoms with Crippen LogP contribution in [-0.4, -0.2) is 26.2 Å². The van der Waals surface area contributed by atoms with E-state index in [4.69, 9.17) is 4.74 Å². The van der Waals surface area contributed by atoms with Crippen LogP contribution in [0.15, 0.2) is 42.5 Å². The SMILES string of the molecule is O=C(Nc1cccc2c1OCCC2)c1ccccc1NS(=O)(=O)C1CC1. The lowest BCUT2D eigenvalue weighted by atomic mass is 10.0. The molecular weight excluding hydrogens is 352 g/mol. The van der Waals surface area contributed by atoms with E-state index in [9.17, 15) is 13.2 Å². The van der Waals surface area contributed by atoms with Crippen molar-refractivity contribution in [2.24, 2.45) is 0 Å². The number of nitrogens with one attached hydrogen (secondary N) is 2. The van der Waals surface area contributed by atoms with Crippen molar-refractivity contribution >= 4 is 27.3 Å². The van der Waals surface area contributed by atoms with Crippen LogP contribution in [0.2, 0.25) is 0 Å². The van der Waals surface area contributed by atoms with Gasteiger partial charge in [0.25, 0.3) is 5.91 Å². The molecule has 136 valence electrons. The topological polar surface area (TPSA) is 84.5 Å². The fourth-order valence-electron chi connectivity index (χ4n) is 3.06. The van der Waals surface area contributed by atoms with Crippen LogP contribution in [0.5, 0.6) is 5.75 Å². The molecule has 2 aliphatic rings. The predicted molar refractivity (Wildman–Crippen MR) is 100 cm³/mol. The van der Waals surface area contributed by atoms with E-state index in [2.05, 4.69) is 10.0 Å². The summed E-state index contributed by atoms with van der Waals surface area (Å²) in [6.07, 6.45) is 3.20. The molecule has 1 aliphatic carbocycles. The Kier molecular flexibility index (Phi) is 4.32. The molecule has 2 N–H and O–H groups in total. The number of ether oxygens (including phenoxy) is 1. The smallest absolute Gasteiger partial charge is 0.257 e. The average molecular weight is 372 g/mol. The second-order valence-corrected chi connectivity index (χ2v) is 8.55. The number of aryl methyl sites for hydroxylation is 1. The molecule has 6 nitrogen and oxygen atoms in total. The van der Waals surface area contributed by atoms with Crippen LogP contribution in [0.1, 0.15) is 35.2 Å². The molecule has 26 heavy (non-hydrogen) atoms. The van der Waals surface area contributed by atoms with Crippen LogP contribution in [-0.2, 0) is 16.4 Å². The van der Waals surface area contributed by atoms with Gasteiger partial charge in [0.05, 0.1) is 28.8 Å². The minimum atomic E-state index is -3.44. The van der Waals surface area contributed by atoms with E-state index >= 15 is 0 Å². The van der Waals surface area contributed by atoms with Crippen molar-refractivity contribution in [3.63, 3.8) is 0 Å². The van der Waals surface area contributed by atoms with Gasteiger partial charge >= 0.3 is 0 Å². The molecular formula is C19H20N2O4S. The minimum absolute atomic E-state index is 0.283. The first-order chi connectivity index (χ1) is 12.5. The monoisotopic (exact) mass is 372 g/mol. The lowest BCUT2D eigenvalue weighted by Crippen LogP contribution is -2.21. The van der Waals surface area contributed by atoms with Crippen molar-refractivity contribution in [1.29, 1.82) is 0 Å². The lowest BCUT2D eigenvalue weighted by Gasteiger charge is -2.21. The van der Waals surface area contributed by atoms with Crippen LogP contribution in [0, 0.1) is 0 Å². The lowest BCUT2D eigenvalue weighted by molar-refractivity contribution is 0.102. The standard InChI is InChI=1S/C19H20N2O4S/c22-19(20-17-9-3-5-13-6-4-12-25-18(13)17)15-7-1-2-8-16(15)21-26(23,24)14-10-11-14/h1-3,5,7-9,14,21H,4,6,10-12H2,(H,20,22). The van der Waals surface area contributed by atoms with Gasteiger partial charge in [0, 0.05) is 0 Å². The van der Waals surface area contributed by atoms with Gasteiger partial charge in [-0.05, 0) is 49.4 Å². The van der Waals surface area contributed by atoms with Crippen molar-refractivity contribution in [2.75, 3.05) is 16.6 Å². The number of amides is 1. The van der Waals surface area contributed by atoms with Gasteiger partial charge in [0.1, 0.15) is 5.75 Å². The van der Waals surface area contributed by atoms with Gasteiger partial charge in [-0.1, -0.05) is 24.3 Å². The zero-order valence-electron chi connectivity index (χ0n) is 14.2. The molecule has 2 aromatic rings. The maximum absolute atomic E-state index is 12.8. The Morgan fingerprint density at radius 3 is 2.62 bits per heavy atom. The fraction of sp³-hybridized carbons (Fsp3) is 0.316. The Morgan fingerprint density at radius 2 is 1.81 bits per heavy atom. The van der Waals surface area contributed by atoms with E-state index in [0.717, 1.165) is 18.4 Å². The van der Waals surface area contributed by atoms with Gasteiger partial charge in [-0.25, -0.2) is 8.42 Å². The normalized spacial score (nSPS) is 16.3.